The van der Waals surface area contributed by atoms with E-state index in [0.29, 0.717) is 9.13 Å². The van der Waals surface area contributed by atoms with Gasteiger partial charge in [0.25, 0.3) is 42.4 Å². The molecule has 12 atom stereocenters. The molecule has 2 aliphatic rings. The van der Waals surface area contributed by atoms with Gasteiger partial charge in [-0.2, -0.15) is 0 Å². The Balaban J connectivity index is 1.31. The largest absolute Gasteiger partial charge is 0.756 e. The number of rotatable bonds is 14. The topological polar surface area (TPSA) is 416 Å². The highest BCUT2D eigenvalue weighted by Gasteiger charge is 2.46. The summed E-state index contributed by atoms with van der Waals surface area (Å²) in [6.07, 6.45) is -13.2. The molecule has 0 bridgehead atoms. The maximum Gasteiger partial charge on any atom is 0.330 e. The van der Waals surface area contributed by atoms with E-state index in [1.165, 1.54) is 0 Å². The lowest BCUT2D eigenvalue weighted by atomic mass is 10.1. The number of nitrogens with zero attached hydrogens (tertiary/aromatic N) is 2. The average Bonchev–Trinajstić information content (AvgIpc) is 3.38. The Bertz CT molecular complexity index is 1820. The number of aromatic nitrogens is 4. The molecule has 2 aromatic heterocycles. The van der Waals surface area contributed by atoms with E-state index in [-0.39, 0.29) is 0 Å². The minimum atomic E-state index is -6.64. The second kappa shape index (κ2) is 14.7. The molecule has 2 fully saturated rings. The van der Waals surface area contributed by atoms with Crippen molar-refractivity contribution in [3.63, 3.8) is 0 Å². The fraction of sp³-hybridized carbons (Fsp3) is 0.556. The fourth-order valence-corrected chi connectivity index (χ4v) is 8.97. The second-order valence-electron chi connectivity index (χ2n) is 9.75. The van der Waals surface area contributed by atoms with E-state index in [4.69, 9.17) is 9.47 Å². The molecule has 4 unspecified atom stereocenters. The Morgan fingerprint density at radius 2 is 0.939 bits per heavy atom. The first-order valence-corrected chi connectivity index (χ1v) is 18.7. The molecule has 2 saturated heterocycles. The van der Waals surface area contributed by atoms with Crippen molar-refractivity contribution in [2.24, 2.45) is 0 Å². The number of aliphatic hydroxyl groups is 4. The summed E-state index contributed by atoms with van der Waals surface area (Å²) < 4.78 is 78.3. The standard InChI is InChI=1S/C18H26N4O23P4/c23-9-1-3-21(17(29)19-9)15-13(27)11(25)7(41-15)5-39-46(31,32)43-48(35,36)45-49(37,38)44-47(33,34)40-6-8-12(26)14(28)16(42-8)22-4-2-10(24)20-18(22)30/h1-4,7-8,11-16,25-28H,5-6H2,(H,31,32)(H,33,34)(H,35,36)(H,37,38)(H,19,23,29)(H,20,24,30)/p-4/t7-,8-,11-,12-,13-,14-,15-,16+/m1/s1. The molecule has 0 aliphatic carbocycles. The summed E-state index contributed by atoms with van der Waals surface area (Å²) in [4.78, 5) is 97.9. The van der Waals surface area contributed by atoms with E-state index in [1.54, 1.807) is 0 Å². The molecule has 6 N–H and O–H groups in total. The van der Waals surface area contributed by atoms with Crippen LogP contribution in [0.25, 0.3) is 0 Å². The Morgan fingerprint density at radius 3 is 1.27 bits per heavy atom. The van der Waals surface area contributed by atoms with E-state index < -0.39 is 116 Å². The van der Waals surface area contributed by atoms with Gasteiger partial charge in [0.2, 0.25) is 0 Å². The first-order chi connectivity index (χ1) is 22.5. The lowest BCUT2D eigenvalue weighted by Gasteiger charge is -2.36. The lowest BCUT2D eigenvalue weighted by Crippen LogP contribution is -2.37. The minimum absolute atomic E-state index is 0.604. The molecule has 0 aromatic carbocycles. The Morgan fingerprint density at radius 1 is 0.612 bits per heavy atom. The van der Waals surface area contributed by atoms with Gasteiger partial charge in [-0.3, -0.25) is 47.0 Å². The number of phosphoric ester groups is 2. The first kappa shape index (κ1) is 39.5. The fourth-order valence-electron chi connectivity index (χ4n) is 4.22. The maximum absolute atomic E-state index is 12.0. The van der Waals surface area contributed by atoms with Gasteiger partial charge in [0.05, 0.1) is 13.2 Å². The highest BCUT2D eigenvalue weighted by Crippen LogP contribution is 2.66. The number of hydrogen-bond acceptors (Lipinski definition) is 23. The number of H-pyrrole nitrogens is 2. The summed E-state index contributed by atoms with van der Waals surface area (Å²) in [5.74, 6) is 0. The van der Waals surface area contributed by atoms with Crippen molar-refractivity contribution in [1.29, 1.82) is 0 Å². The monoisotopic (exact) mass is 786 g/mol. The van der Waals surface area contributed by atoms with Gasteiger partial charge in [-0.25, -0.2) is 22.5 Å². The molecule has 0 saturated carbocycles. The Labute approximate surface area is 268 Å². The number of aliphatic hydroxyl groups excluding tert-OH is 4. The third kappa shape index (κ3) is 9.93. The maximum atomic E-state index is 12.0. The summed E-state index contributed by atoms with van der Waals surface area (Å²) in [5, 5.41) is 40.5. The van der Waals surface area contributed by atoms with Crippen molar-refractivity contribution in [1.82, 2.24) is 19.1 Å². The summed E-state index contributed by atoms with van der Waals surface area (Å²) in [6, 6.07) is 1.68. The highest BCUT2D eigenvalue weighted by molar-refractivity contribution is 7.68. The van der Waals surface area contributed by atoms with Crippen molar-refractivity contribution >= 4 is 31.3 Å². The molecule has 4 heterocycles. The van der Waals surface area contributed by atoms with Crippen LogP contribution in [0, 0.1) is 0 Å². The molecule has 2 aromatic rings. The molecule has 4 rings (SSSR count). The number of ether oxygens (including phenoxy) is 2. The Kier molecular flexibility index (Phi) is 11.9. The molecule has 2 aliphatic heterocycles. The molecule has 0 radical (unpaired) electrons. The van der Waals surface area contributed by atoms with E-state index >= 15 is 0 Å². The molecule has 31 heteroatoms. The normalized spacial score (nSPS) is 32.2. The number of phosphoric acid groups is 4. The van der Waals surface area contributed by atoms with E-state index in [1.807, 2.05) is 9.97 Å². The van der Waals surface area contributed by atoms with Crippen molar-refractivity contribution in [3.05, 3.63) is 66.2 Å². The zero-order chi connectivity index (χ0) is 36.7. The van der Waals surface area contributed by atoms with Gasteiger partial charge in [-0.15, -0.1) is 0 Å². The minimum Gasteiger partial charge on any atom is -0.756 e. The van der Waals surface area contributed by atoms with Gasteiger partial charge in [-0.05, 0) is 0 Å². The lowest BCUT2D eigenvalue weighted by molar-refractivity contribution is -0.255. The number of aromatic amines is 2. The summed E-state index contributed by atoms with van der Waals surface area (Å²) >= 11 is 0. The van der Waals surface area contributed by atoms with Crippen molar-refractivity contribution in [3.8, 4) is 0 Å². The van der Waals surface area contributed by atoms with Gasteiger partial charge in [0, 0.05) is 24.5 Å². The van der Waals surface area contributed by atoms with Crippen LogP contribution in [0.4, 0.5) is 0 Å². The zero-order valence-corrected chi connectivity index (χ0v) is 27.1. The van der Waals surface area contributed by atoms with Crippen molar-refractivity contribution in [2.75, 3.05) is 13.2 Å². The van der Waals surface area contributed by atoms with Crippen LogP contribution in [0.3, 0.4) is 0 Å². The van der Waals surface area contributed by atoms with Crippen LogP contribution >= 0.6 is 31.3 Å². The third-order valence-electron chi connectivity index (χ3n) is 6.32. The predicted molar refractivity (Wildman–Crippen MR) is 140 cm³/mol. The average molecular weight is 786 g/mol. The van der Waals surface area contributed by atoms with Crippen LogP contribution < -0.4 is 42.1 Å². The molecule has 0 spiro atoms. The summed E-state index contributed by atoms with van der Waals surface area (Å²) in [7, 11) is -25.6. The van der Waals surface area contributed by atoms with Crippen LogP contribution in [0.15, 0.2) is 43.7 Å². The van der Waals surface area contributed by atoms with Crippen molar-refractivity contribution < 1.29 is 89.7 Å². The van der Waals surface area contributed by atoms with Gasteiger partial charge in [0.15, 0.2) is 12.5 Å². The third-order valence-corrected chi connectivity index (χ3v) is 12.0. The zero-order valence-electron chi connectivity index (χ0n) is 23.6. The van der Waals surface area contributed by atoms with Gasteiger partial charge < -0.3 is 58.5 Å². The Hall–Kier alpha value is -2.32. The smallest absolute Gasteiger partial charge is 0.330 e. The quantitative estimate of drug-likeness (QED) is 0.0969. The SMILES string of the molecule is O=c1ccn([C@@H]2O[C@H](COP(=O)([O-])OP(=O)([O-])OP(=O)([O-])OP(=O)([O-])OC[C@H]3O[C@H](n4ccc(=O)[nH]c4=O)[C@H](O)[C@@H]3O)[C@@H](O)[C@H]2O)c(=O)[nH]1. The van der Waals surface area contributed by atoms with Gasteiger partial charge >= 0.3 is 11.4 Å². The van der Waals surface area contributed by atoms with Crippen LogP contribution in [0.5, 0.6) is 0 Å². The number of hydrogen-bond donors (Lipinski definition) is 6. The molecule has 27 nitrogen and oxygen atoms in total. The van der Waals surface area contributed by atoms with E-state index in [9.17, 15) is 77.4 Å². The highest BCUT2D eigenvalue weighted by atomic mass is 31.3. The molecular weight excluding hydrogens is 764 g/mol. The summed E-state index contributed by atoms with van der Waals surface area (Å²) in [5.41, 5.74) is -3.89. The van der Waals surface area contributed by atoms with Crippen LogP contribution in [0.2, 0.25) is 0 Å². The molecular formula is C18H22N4O23P4-4. The predicted octanol–water partition coefficient (Wildman–Crippen LogP) is -6.72. The van der Waals surface area contributed by atoms with E-state index in [2.05, 4.69) is 22.0 Å². The second-order valence-corrected chi connectivity index (χ2v) is 15.8. The van der Waals surface area contributed by atoms with Crippen LogP contribution in [-0.4, -0.2) is 89.4 Å². The van der Waals surface area contributed by atoms with Gasteiger partial charge in [0.1, 0.15) is 36.6 Å². The molecule has 49 heavy (non-hydrogen) atoms. The van der Waals surface area contributed by atoms with Gasteiger partial charge in [-0.1, -0.05) is 0 Å². The summed E-state index contributed by atoms with van der Waals surface area (Å²) in [6.45, 7) is -2.66. The first-order valence-electron chi connectivity index (χ1n) is 12.8. The number of nitrogens with one attached hydrogen (secondary N) is 2. The van der Waals surface area contributed by atoms with Crippen molar-refractivity contribution in [2.45, 2.75) is 49.1 Å². The van der Waals surface area contributed by atoms with Crippen LogP contribution in [-0.2, 0) is 49.7 Å². The van der Waals surface area contributed by atoms with E-state index in [0.717, 1.165) is 24.5 Å². The molecule has 0 amide bonds. The van der Waals surface area contributed by atoms with Crippen LogP contribution in [0.1, 0.15) is 12.5 Å². The molecule has 276 valence electrons.